The Morgan fingerprint density at radius 2 is 1.93 bits per heavy atom. The quantitative estimate of drug-likeness (QED) is 0.673. The van der Waals surface area contributed by atoms with Gasteiger partial charge in [0.1, 0.15) is 5.75 Å². The summed E-state index contributed by atoms with van der Waals surface area (Å²) in [4.78, 5) is 26.5. The minimum atomic E-state index is -0.198. The van der Waals surface area contributed by atoms with Gasteiger partial charge in [-0.2, -0.15) is 0 Å². The van der Waals surface area contributed by atoms with Gasteiger partial charge in [0, 0.05) is 23.3 Å². The fourth-order valence-electron chi connectivity index (χ4n) is 2.72. The van der Waals surface area contributed by atoms with E-state index in [1.165, 1.54) is 18.9 Å². The number of carbonyl (C=O) groups is 2. The van der Waals surface area contributed by atoms with Crippen LogP contribution in [0.5, 0.6) is 5.75 Å². The van der Waals surface area contributed by atoms with Gasteiger partial charge >= 0.3 is 0 Å². The van der Waals surface area contributed by atoms with Crippen molar-refractivity contribution in [3.63, 3.8) is 0 Å². The van der Waals surface area contributed by atoms with Gasteiger partial charge in [0.15, 0.2) is 0 Å². The van der Waals surface area contributed by atoms with Crippen LogP contribution in [0.25, 0.3) is 0 Å². The molecule has 0 unspecified atom stereocenters. The lowest BCUT2D eigenvalue weighted by Gasteiger charge is -2.21. The Labute approximate surface area is 175 Å². The normalized spacial score (nSPS) is 10.5. The van der Waals surface area contributed by atoms with Crippen molar-refractivity contribution in [3.8, 4) is 5.75 Å². The van der Waals surface area contributed by atoms with Crippen molar-refractivity contribution in [2.24, 2.45) is 0 Å². The van der Waals surface area contributed by atoms with Crippen LogP contribution >= 0.6 is 23.4 Å². The number of nitrogens with one attached hydrogen (secondary N) is 1. The lowest BCUT2D eigenvalue weighted by Crippen LogP contribution is -2.32. The van der Waals surface area contributed by atoms with E-state index < -0.39 is 0 Å². The van der Waals surface area contributed by atoms with Gasteiger partial charge in [0.2, 0.25) is 11.8 Å². The molecule has 0 radical (unpaired) electrons. The SMILES string of the molecule is CCN(C(=O)CSCC(=O)Nc1cc(C)c(Cl)cc1OC)c1cccc(C)c1. The monoisotopic (exact) mass is 420 g/mol. The van der Waals surface area contributed by atoms with Crippen LogP contribution in [0.4, 0.5) is 11.4 Å². The van der Waals surface area contributed by atoms with Gasteiger partial charge in [-0.15, -0.1) is 11.8 Å². The second-order valence-corrected chi connectivity index (χ2v) is 7.71. The molecule has 2 aromatic carbocycles. The van der Waals surface area contributed by atoms with E-state index >= 15 is 0 Å². The molecule has 150 valence electrons. The van der Waals surface area contributed by atoms with E-state index in [-0.39, 0.29) is 23.3 Å². The van der Waals surface area contributed by atoms with E-state index in [9.17, 15) is 9.59 Å². The predicted molar refractivity (Wildman–Crippen MR) is 118 cm³/mol. The first kappa shape index (κ1) is 22.1. The molecule has 0 aromatic heterocycles. The summed E-state index contributed by atoms with van der Waals surface area (Å²) in [5, 5.41) is 3.39. The molecule has 0 aliphatic heterocycles. The number of thioether (sulfide) groups is 1. The molecule has 0 heterocycles. The van der Waals surface area contributed by atoms with E-state index in [2.05, 4.69) is 5.32 Å². The van der Waals surface area contributed by atoms with Crippen LogP contribution in [0, 0.1) is 13.8 Å². The summed E-state index contributed by atoms with van der Waals surface area (Å²) in [6.07, 6.45) is 0. The summed E-state index contributed by atoms with van der Waals surface area (Å²) in [6, 6.07) is 11.3. The summed E-state index contributed by atoms with van der Waals surface area (Å²) < 4.78 is 5.26. The number of carbonyl (C=O) groups excluding carboxylic acids is 2. The van der Waals surface area contributed by atoms with Gasteiger partial charge in [0.25, 0.3) is 0 Å². The van der Waals surface area contributed by atoms with E-state index in [1.54, 1.807) is 17.0 Å². The molecule has 7 heteroatoms. The van der Waals surface area contributed by atoms with Crippen LogP contribution in [0.1, 0.15) is 18.1 Å². The summed E-state index contributed by atoms with van der Waals surface area (Å²) in [6.45, 7) is 6.37. The average molecular weight is 421 g/mol. The van der Waals surface area contributed by atoms with Crippen LogP contribution in [0.15, 0.2) is 36.4 Å². The van der Waals surface area contributed by atoms with Gasteiger partial charge < -0.3 is 15.0 Å². The highest BCUT2D eigenvalue weighted by atomic mass is 35.5. The largest absolute Gasteiger partial charge is 0.495 e. The molecule has 0 saturated heterocycles. The van der Waals surface area contributed by atoms with Crippen molar-refractivity contribution in [1.82, 2.24) is 0 Å². The molecule has 0 bridgehead atoms. The summed E-state index contributed by atoms with van der Waals surface area (Å²) in [7, 11) is 1.52. The van der Waals surface area contributed by atoms with Crippen molar-refractivity contribution < 1.29 is 14.3 Å². The molecule has 0 fully saturated rings. The standard InChI is InChI=1S/C21H25ClN2O3S/c1-5-24(16-8-6-7-14(2)9-16)21(26)13-28-12-20(25)23-18-10-15(3)17(22)11-19(18)27-4/h6-11H,5,12-13H2,1-4H3,(H,23,25). The Morgan fingerprint density at radius 1 is 1.18 bits per heavy atom. The lowest BCUT2D eigenvalue weighted by atomic mass is 10.2. The smallest absolute Gasteiger partial charge is 0.236 e. The highest BCUT2D eigenvalue weighted by molar-refractivity contribution is 8.00. The number of hydrogen-bond acceptors (Lipinski definition) is 4. The van der Waals surface area contributed by atoms with Crippen molar-refractivity contribution in [1.29, 1.82) is 0 Å². The molecule has 0 spiro atoms. The van der Waals surface area contributed by atoms with Crippen molar-refractivity contribution in [2.45, 2.75) is 20.8 Å². The molecule has 0 atom stereocenters. The lowest BCUT2D eigenvalue weighted by molar-refractivity contribution is -0.116. The van der Waals surface area contributed by atoms with Gasteiger partial charge in [0.05, 0.1) is 24.3 Å². The molecule has 28 heavy (non-hydrogen) atoms. The molecule has 0 saturated carbocycles. The number of hydrogen-bond donors (Lipinski definition) is 1. The number of nitrogens with zero attached hydrogens (tertiary/aromatic N) is 1. The maximum Gasteiger partial charge on any atom is 0.236 e. The molecule has 1 N–H and O–H groups in total. The number of rotatable bonds is 8. The number of amides is 2. The third-order valence-electron chi connectivity index (χ3n) is 4.14. The minimum absolute atomic E-state index is 0.0224. The highest BCUT2D eigenvalue weighted by Crippen LogP contribution is 2.31. The van der Waals surface area contributed by atoms with E-state index in [4.69, 9.17) is 16.3 Å². The second kappa shape index (κ2) is 10.4. The van der Waals surface area contributed by atoms with E-state index in [0.717, 1.165) is 16.8 Å². The summed E-state index contributed by atoms with van der Waals surface area (Å²) in [5.74, 6) is 0.678. The number of ether oxygens (including phenoxy) is 1. The maximum atomic E-state index is 12.5. The first-order valence-corrected chi connectivity index (χ1v) is 10.5. The Kier molecular flexibility index (Phi) is 8.20. The number of aryl methyl sites for hydroxylation is 2. The first-order chi connectivity index (χ1) is 13.3. The van der Waals surface area contributed by atoms with Gasteiger partial charge in [-0.05, 0) is 50.1 Å². The molecule has 0 aliphatic carbocycles. The molecule has 2 amide bonds. The van der Waals surface area contributed by atoms with E-state index in [0.29, 0.717) is 23.0 Å². The molecule has 2 aromatic rings. The zero-order valence-corrected chi connectivity index (χ0v) is 18.1. The zero-order valence-electron chi connectivity index (χ0n) is 16.5. The third kappa shape index (κ3) is 5.91. The minimum Gasteiger partial charge on any atom is -0.495 e. The van der Waals surface area contributed by atoms with Crippen LogP contribution in [-0.2, 0) is 9.59 Å². The average Bonchev–Trinajstić information content (AvgIpc) is 2.65. The van der Waals surface area contributed by atoms with E-state index in [1.807, 2.05) is 45.0 Å². The highest BCUT2D eigenvalue weighted by Gasteiger charge is 2.15. The van der Waals surface area contributed by atoms with Crippen molar-refractivity contribution >= 4 is 46.6 Å². The zero-order chi connectivity index (χ0) is 20.7. The van der Waals surface area contributed by atoms with Crippen LogP contribution in [0.3, 0.4) is 0 Å². The van der Waals surface area contributed by atoms with Crippen molar-refractivity contribution in [3.05, 3.63) is 52.5 Å². The fraction of sp³-hybridized carbons (Fsp3) is 0.333. The molecule has 2 rings (SSSR count). The summed E-state index contributed by atoms with van der Waals surface area (Å²) >= 11 is 7.37. The molecule has 0 aliphatic rings. The molecule has 5 nitrogen and oxygen atoms in total. The topological polar surface area (TPSA) is 58.6 Å². The van der Waals surface area contributed by atoms with Gasteiger partial charge in [-0.25, -0.2) is 0 Å². The first-order valence-electron chi connectivity index (χ1n) is 8.94. The Bertz CT molecular complexity index is 858. The van der Waals surface area contributed by atoms with Crippen LogP contribution in [0.2, 0.25) is 5.02 Å². The Balaban J connectivity index is 1.91. The van der Waals surface area contributed by atoms with Crippen LogP contribution in [-0.4, -0.2) is 37.0 Å². The molecular formula is C21H25ClN2O3S. The molecular weight excluding hydrogens is 396 g/mol. The Hall–Kier alpha value is -2.18. The number of methoxy groups -OCH3 is 1. The maximum absolute atomic E-state index is 12.5. The second-order valence-electron chi connectivity index (χ2n) is 6.32. The Morgan fingerprint density at radius 3 is 2.57 bits per heavy atom. The summed E-state index contributed by atoms with van der Waals surface area (Å²) in [5.41, 5.74) is 3.38. The number of anilines is 2. The van der Waals surface area contributed by atoms with Gasteiger partial charge in [-0.3, -0.25) is 9.59 Å². The fourth-order valence-corrected chi connectivity index (χ4v) is 3.57. The third-order valence-corrected chi connectivity index (χ3v) is 5.47. The predicted octanol–water partition coefficient (Wildman–Crippen LogP) is 4.69. The number of benzene rings is 2. The van der Waals surface area contributed by atoms with Crippen molar-refractivity contribution in [2.75, 3.05) is 35.4 Å². The van der Waals surface area contributed by atoms with Gasteiger partial charge in [-0.1, -0.05) is 23.7 Å². The van der Waals surface area contributed by atoms with Crippen LogP contribution < -0.4 is 15.0 Å². The number of halogens is 1.